The second-order valence-corrected chi connectivity index (χ2v) is 7.60. The highest BCUT2D eigenvalue weighted by Crippen LogP contribution is 2.34. The fourth-order valence-electron chi connectivity index (χ4n) is 4.31. The van der Waals surface area contributed by atoms with Gasteiger partial charge in [0.1, 0.15) is 6.10 Å². The van der Waals surface area contributed by atoms with Gasteiger partial charge in [0.2, 0.25) is 0 Å². The number of rotatable bonds is 7. The minimum absolute atomic E-state index is 0.105. The van der Waals surface area contributed by atoms with Crippen molar-refractivity contribution in [3.05, 3.63) is 35.4 Å². The Kier molecular flexibility index (Phi) is 6.88. The third-order valence-electron chi connectivity index (χ3n) is 5.76. The van der Waals surface area contributed by atoms with Gasteiger partial charge in [0, 0.05) is 12.6 Å². The number of ether oxygens (including phenoxy) is 1. The summed E-state index contributed by atoms with van der Waals surface area (Å²) in [5.41, 5.74) is 8.13. The molecule has 0 bridgehead atoms. The molecule has 0 aliphatic heterocycles. The van der Waals surface area contributed by atoms with E-state index in [2.05, 4.69) is 29.6 Å². The number of esters is 1. The summed E-state index contributed by atoms with van der Waals surface area (Å²) in [5, 5.41) is 3.51. The minimum atomic E-state index is -0.105. The third kappa shape index (κ3) is 5.29. The summed E-state index contributed by atoms with van der Waals surface area (Å²) in [6, 6.07) is 8.75. The molecule has 0 heterocycles. The SMILES string of the molecule is NCc1ccc([C@H](NCC(=O)OC2CCCC2)C2CCCCC2)cc1. The molecule has 3 rings (SSSR count). The zero-order valence-corrected chi connectivity index (χ0v) is 15.2. The molecule has 0 radical (unpaired) electrons. The van der Waals surface area contributed by atoms with E-state index >= 15 is 0 Å². The van der Waals surface area contributed by atoms with Crippen LogP contribution < -0.4 is 11.1 Å². The molecular weight excluding hydrogens is 312 g/mol. The number of benzene rings is 1. The Hall–Kier alpha value is -1.39. The van der Waals surface area contributed by atoms with Crippen molar-refractivity contribution in [1.82, 2.24) is 5.32 Å². The molecule has 2 aliphatic carbocycles. The van der Waals surface area contributed by atoms with Crippen molar-refractivity contribution < 1.29 is 9.53 Å². The van der Waals surface area contributed by atoms with Crippen molar-refractivity contribution in [2.75, 3.05) is 6.54 Å². The molecule has 0 amide bonds. The molecule has 1 aromatic rings. The van der Waals surface area contributed by atoms with Gasteiger partial charge in [0.05, 0.1) is 6.54 Å². The van der Waals surface area contributed by atoms with E-state index in [0.717, 1.165) is 18.4 Å². The largest absolute Gasteiger partial charge is 0.461 e. The predicted molar refractivity (Wildman–Crippen MR) is 100 cm³/mol. The number of carbonyl (C=O) groups excluding carboxylic acids is 1. The highest BCUT2D eigenvalue weighted by molar-refractivity contribution is 5.72. The number of hydrogen-bond donors (Lipinski definition) is 2. The molecule has 1 atom stereocenters. The molecule has 2 aliphatic rings. The molecule has 0 aromatic heterocycles. The number of carbonyl (C=O) groups is 1. The van der Waals surface area contributed by atoms with Crippen molar-refractivity contribution in [3.8, 4) is 0 Å². The molecular formula is C21H32N2O2. The zero-order chi connectivity index (χ0) is 17.5. The Morgan fingerprint density at radius 3 is 2.32 bits per heavy atom. The molecule has 0 saturated heterocycles. The first kappa shape index (κ1) is 18.4. The summed E-state index contributed by atoms with van der Waals surface area (Å²) in [7, 11) is 0. The average molecular weight is 344 g/mol. The summed E-state index contributed by atoms with van der Waals surface area (Å²) in [6.07, 6.45) is 10.9. The van der Waals surface area contributed by atoms with Gasteiger partial charge in [-0.05, 0) is 55.6 Å². The third-order valence-corrected chi connectivity index (χ3v) is 5.76. The summed E-state index contributed by atoms with van der Waals surface area (Å²) in [4.78, 5) is 12.2. The first-order valence-electron chi connectivity index (χ1n) is 9.98. The monoisotopic (exact) mass is 344 g/mol. The number of nitrogens with one attached hydrogen (secondary N) is 1. The lowest BCUT2D eigenvalue weighted by Gasteiger charge is -2.31. The van der Waals surface area contributed by atoms with Gasteiger partial charge in [-0.2, -0.15) is 0 Å². The van der Waals surface area contributed by atoms with E-state index in [-0.39, 0.29) is 18.1 Å². The van der Waals surface area contributed by atoms with E-state index in [0.29, 0.717) is 19.0 Å². The van der Waals surface area contributed by atoms with E-state index in [1.54, 1.807) is 0 Å². The second kappa shape index (κ2) is 9.35. The first-order valence-corrected chi connectivity index (χ1v) is 9.98. The maximum atomic E-state index is 12.2. The average Bonchev–Trinajstić information content (AvgIpc) is 3.16. The van der Waals surface area contributed by atoms with Gasteiger partial charge >= 0.3 is 5.97 Å². The fraction of sp³-hybridized carbons (Fsp3) is 0.667. The maximum Gasteiger partial charge on any atom is 0.320 e. The minimum Gasteiger partial charge on any atom is -0.461 e. The van der Waals surface area contributed by atoms with Gasteiger partial charge in [-0.3, -0.25) is 10.1 Å². The van der Waals surface area contributed by atoms with Crippen LogP contribution in [0.25, 0.3) is 0 Å². The van der Waals surface area contributed by atoms with Gasteiger partial charge in [-0.1, -0.05) is 43.5 Å². The van der Waals surface area contributed by atoms with Crippen LogP contribution in [0.5, 0.6) is 0 Å². The van der Waals surface area contributed by atoms with Gasteiger partial charge in [0.15, 0.2) is 0 Å². The van der Waals surface area contributed by atoms with Gasteiger partial charge < -0.3 is 10.5 Å². The van der Waals surface area contributed by atoms with Gasteiger partial charge in [0.25, 0.3) is 0 Å². The fourth-order valence-corrected chi connectivity index (χ4v) is 4.31. The summed E-state index contributed by atoms with van der Waals surface area (Å²) < 4.78 is 5.60. The van der Waals surface area contributed by atoms with Crippen LogP contribution in [0.1, 0.15) is 75.0 Å². The molecule has 2 saturated carbocycles. The van der Waals surface area contributed by atoms with E-state index in [9.17, 15) is 4.79 Å². The molecule has 1 aromatic carbocycles. The Labute approximate surface area is 151 Å². The summed E-state index contributed by atoms with van der Waals surface area (Å²) >= 11 is 0. The first-order chi connectivity index (χ1) is 12.3. The van der Waals surface area contributed by atoms with Crippen molar-refractivity contribution in [2.24, 2.45) is 11.7 Å². The molecule has 2 fully saturated rings. The van der Waals surface area contributed by atoms with Crippen molar-refractivity contribution in [3.63, 3.8) is 0 Å². The molecule has 4 nitrogen and oxygen atoms in total. The Balaban J connectivity index is 1.61. The topological polar surface area (TPSA) is 64.3 Å². The van der Waals surface area contributed by atoms with Gasteiger partial charge in [-0.15, -0.1) is 0 Å². The highest BCUT2D eigenvalue weighted by Gasteiger charge is 2.26. The lowest BCUT2D eigenvalue weighted by atomic mass is 9.81. The normalized spacial score (nSPS) is 20.5. The molecule has 0 spiro atoms. The van der Waals surface area contributed by atoms with Crippen LogP contribution >= 0.6 is 0 Å². The molecule has 0 unspecified atom stereocenters. The summed E-state index contributed by atoms with van der Waals surface area (Å²) in [5.74, 6) is 0.489. The van der Waals surface area contributed by atoms with Crippen LogP contribution in [0.3, 0.4) is 0 Å². The Morgan fingerprint density at radius 1 is 1.04 bits per heavy atom. The van der Waals surface area contributed by atoms with Crippen LogP contribution in [0.15, 0.2) is 24.3 Å². The van der Waals surface area contributed by atoms with E-state index < -0.39 is 0 Å². The van der Waals surface area contributed by atoms with Crippen LogP contribution in [-0.2, 0) is 16.1 Å². The standard InChI is InChI=1S/C21H32N2O2/c22-14-16-10-12-18(13-11-16)21(17-6-2-1-3-7-17)23-15-20(24)25-19-8-4-5-9-19/h10-13,17,19,21,23H,1-9,14-15,22H2/t21-/m1/s1. The van der Waals surface area contributed by atoms with Crippen molar-refractivity contribution in [1.29, 1.82) is 0 Å². The Bertz CT molecular complexity index is 531. The Morgan fingerprint density at radius 2 is 1.68 bits per heavy atom. The lowest BCUT2D eigenvalue weighted by Crippen LogP contribution is -2.35. The van der Waals surface area contributed by atoms with E-state index in [1.165, 1.54) is 50.5 Å². The maximum absolute atomic E-state index is 12.2. The van der Waals surface area contributed by atoms with Crippen LogP contribution in [0, 0.1) is 5.92 Å². The highest BCUT2D eigenvalue weighted by atomic mass is 16.5. The number of nitrogens with two attached hydrogens (primary N) is 1. The summed E-state index contributed by atoms with van der Waals surface area (Å²) in [6.45, 7) is 0.867. The van der Waals surface area contributed by atoms with Crippen molar-refractivity contribution >= 4 is 5.97 Å². The molecule has 3 N–H and O–H groups in total. The van der Waals surface area contributed by atoms with Crippen LogP contribution in [0.4, 0.5) is 0 Å². The van der Waals surface area contributed by atoms with Crippen LogP contribution in [-0.4, -0.2) is 18.6 Å². The quantitative estimate of drug-likeness (QED) is 0.738. The lowest BCUT2D eigenvalue weighted by molar-refractivity contribution is -0.147. The van der Waals surface area contributed by atoms with Gasteiger partial charge in [-0.25, -0.2) is 0 Å². The zero-order valence-electron chi connectivity index (χ0n) is 15.2. The predicted octanol–water partition coefficient (Wildman–Crippen LogP) is 3.84. The molecule has 25 heavy (non-hydrogen) atoms. The van der Waals surface area contributed by atoms with E-state index in [4.69, 9.17) is 10.5 Å². The van der Waals surface area contributed by atoms with Crippen molar-refractivity contribution in [2.45, 2.75) is 76.5 Å². The molecule has 138 valence electrons. The number of hydrogen-bond acceptors (Lipinski definition) is 4. The second-order valence-electron chi connectivity index (χ2n) is 7.60. The smallest absolute Gasteiger partial charge is 0.320 e. The van der Waals surface area contributed by atoms with E-state index in [1.807, 2.05) is 0 Å². The van der Waals surface area contributed by atoms with Crippen LogP contribution in [0.2, 0.25) is 0 Å². The molecule has 4 heteroatoms.